The number of amides is 1. The van der Waals surface area contributed by atoms with Crippen molar-refractivity contribution in [1.82, 2.24) is 0 Å². The van der Waals surface area contributed by atoms with E-state index in [-0.39, 0.29) is 43.1 Å². The van der Waals surface area contributed by atoms with E-state index in [2.05, 4.69) is 5.32 Å². The summed E-state index contributed by atoms with van der Waals surface area (Å²) < 4.78 is 0. The van der Waals surface area contributed by atoms with E-state index in [1.165, 1.54) is 6.07 Å². The van der Waals surface area contributed by atoms with Crippen molar-refractivity contribution in [3.05, 3.63) is 60.2 Å². The third-order valence-electron chi connectivity index (χ3n) is 2.18. The molecule has 0 bridgehead atoms. The van der Waals surface area contributed by atoms with Crippen LogP contribution in [0.4, 0.5) is 5.69 Å². The van der Waals surface area contributed by atoms with Gasteiger partial charge in [-0.1, -0.05) is 30.3 Å². The Kier molecular flexibility index (Phi) is 5.10. The number of nitrogens with one attached hydrogen (secondary N) is 1. The normalized spacial score (nSPS) is 9.18. The first-order chi connectivity index (χ1) is 7.77. The Morgan fingerprint density at radius 1 is 0.941 bits per heavy atom. The van der Waals surface area contributed by atoms with Crippen LogP contribution in [0, 0.1) is 0 Å². The van der Waals surface area contributed by atoms with Gasteiger partial charge in [0.05, 0.1) is 5.56 Å². The maximum absolute atomic E-state index is 11.8. The second-order valence-corrected chi connectivity index (χ2v) is 3.34. The van der Waals surface area contributed by atoms with E-state index >= 15 is 0 Å². The van der Waals surface area contributed by atoms with E-state index in [9.17, 15) is 9.90 Å². The van der Waals surface area contributed by atoms with E-state index in [0.717, 1.165) is 0 Å². The molecule has 0 fully saturated rings. The molecule has 17 heavy (non-hydrogen) atoms. The molecule has 2 N–H and O–H groups in total. The molecule has 4 heteroatoms. The SMILES string of the molecule is O=C(Nc1ccccc1)c1ccccc1O.[InH3]. The molecule has 86 valence electrons. The molecular formula is C13H14InNO2. The van der Waals surface area contributed by atoms with E-state index < -0.39 is 0 Å². The Bertz CT molecular complexity index is 500. The number of phenolic OH excluding ortho intramolecular Hbond substituents is 1. The zero-order valence-electron chi connectivity index (χ0n) is 8.55. The molecule has 0 saturated heterocycles. The van der Waals surface area contributed by atoms with Gasteiger partial charge in [0.1, 0.15) is 5.75 Å². The number of benzene rings is 2. The quantitative estimate of drug-likeness (QED) is 0.875. The van der Waals surface area contributed by atoms with Gasteiger partial charge in [0, 0.05) is 5.69 Å². The third kappa shape index (κ3) is 3.53. The summed E-state index contributed by atoms with van der Waals surface area (Å²) in [5.41, 5.74) is 0.974. The molecule has 0 aliphatic rings. The summed E-state index contributed by atoms with van der Waals surface area (Å²) in [6.07, 6.45) is 0. The second-order valence-electron chi connectivity index (χ2n) is 3.34. The van der Waals surface area contributed by atoms with Gasteiger partial charge in [-0.15, -0.1) is 0 Å². The van der Waals surface area contributed by atoms with Gasteiger partial charge in [-0.2, -0.15) is 0 Å². The number of anilines is 1. The fourth-order valence-corrected chi connectivity index (χ4v) is 1.39. The fraction of sp³-hybridized carbons (Fsp3) is 0. The molecule has 2 rings (SSSR count). The maximum atomic E-state index is 11.8. The zero-order chi connectivity index (χ0) is 11.4. The van der Waals surface area contributed by atoms with Crippen molar-refractivity contribution >= 4 is 37.4 Å². The number of rotatable bonds is 2. The van der Waals surface area contributed by atoms with E-state index in [0.29, 0.717) is 5.69 Å². The van der Waals surface area contributed by atoms with Crippen LogP contribution in [-0.4, -0.2) is 36.9 Å². The number of hydrogen-bond acceptors (Lipinski definition) is 2. The summed E-state index contributed by atoms with van der Waals surface area (Å²) in [7, 11) is 0. The second kappa shape index (κ2) is 6.35. The van der Waals surface area contributed by atoms with Crippen LogP contribution >= 0.6 is 0 Å². The molecule has 2 aromatic rings. The molecule has 0 aliphatic heterocycles. The van der Waals surface area contributed by atoms with Crippen LogP contribution < -0.4 is 5.32 Å². The number of hydrogen-bond donors (Lipinski definition) is 2. The molecule has 0 atom stereocenters. The Labute approximate surface area is 118 Å². The first kappa shape index (κ1) is 13.6. The van der Waals surface area contributed by atoms with Gasteiger partial charge in [0.15, 0.2) is 0 Å². The first-order valence-electron chi connectivity index (χ1n) is 4.92. The Hall–Kier alpha value is -1.42. The Morgan fingerprint density at radius 2 is 1.53 bits per heavy atom. The van der Waals surface area contributed by atoms with Gasteiger partial charge in [0.2, 0.25) is 0 Å². The van der Waals surface area contributed by atoms with Crippen LogP contribution in [0.1, 0.15) is 10.4 Å². The predicted molar refractivity (Wildman–Crippen MR) is 72.4 cm³/mol. The van der Waals surface area contributed by atoms with Crippen LogP contribution in [0.2, 0.25) is 0 Å². The summed E-state index contributed by atoms with van der Waals surface area (Å²) in [5.74, 6) is -0.333. The number of phenols is 1. The molecular weight excluding hydrogens is 317 g/mol. The number of para-hydroxylation sites is 2. The molecule has 0 aliphatic carbocycles. The summed E-state index contributed by atoms with van der Waals surface area (Å²) in [6.45, 7) is 0. The molecule has 3 nitrogen and oxygen atoms in total. The molecule has 0 unspecified atom stereocenters. The van der Waals surface area contributed by atoms with Crippen LogP contribution in [0.5, 0.6) is 5.75 Å². The van der Waals surface area contributed by atoms with Crippen LogP contribution in [0.3, 0.4) is 0 Å². The minimum atomic E-state index is -0.315. The average molecular weight is 331 g/mol. The molecule has 0 aromatic heterocycles. The van der Waals surface area contributed by atoms with Gasteiger partial charge in [-0.25, -0.2) is 0 Å². The summed E-state index contributed by atoms with van der Waals surface area (Å²) in [6, 6.07) is 15.6. The number of carbonyl (C=O) groups excluding carboxylic acids is 1. The van der Waals surface area contributed by atoms with E-state index in [1.54, 1.807) is 30.3 Å². The van der Waals surface area contributed by atoms with Crippen molar-refractivity contribution < 1.29 is 9.90 Å². The molecule has 0 spiro atoms. The standard InChI is InChI=1S/C13H11NO2.In.3H/c15-12-9-5-4-8-11(12)13(16)14-10-6-2-1-3-7-10;;;;/h1-9,15H,(H,14,16);;;;. The third-order valence-corrected chi connectivity index (χ3v) is 2.18. The van der Waals surface area contributed by atoms with E-state index in [1.807, 2.05) is 18.2 Å². The minimum absolute atomic E-state index is 0. The Morgan fingerprint density at radius 3 is 2.18 bits per heavy atom. The summed E-state index contributed by atoms with van der Waals surface area (Å²) in [5, 5.41) is 12.2. The molecule has 0 saturated carbocycles. The summed E-state index contributed by atoms with van der Waals surface area (Å²) >= 11 is 0. The van der Waals surface area contributed by atoms with Crippen molar-refractivity contribution in [3.63, 3.8) is 0 Å². The van der Waals surface area contributed by atoms with E-state index in [4.69, 9.17) is 0 Å². The van der Waals surface area contributed by atoms with Gasteiger partial charge in [-0.05, 0) is 24.3 Å². The number of aromatic hydroxyl groups is 1. The Balaban J connectivity index is 0.00000144. The zero-order valence-corrected chi connectivity index (χ0v) is 8.55. The van der Waals surface area contributed by atoms with Crippen molar-refractivity contribution in [1.29, 1.82) is 0 Å². The number of carbonyl (C=O) groups is 1. The first-order valence-corrected chi connectivity index (χ1v) is 4.92. The topological polar surface area (TPSA) is 49.3 Å². The van der Waals surface area contributed by atoms with Gasteiger partial charge in [-0.3, -0.25) is 4.79 Å². The molecule has 0 radical (unpaired) electrons. The van der Waals surface area contributed by atoms with Crippen molar-refractivity contribution in [2.45, 2.75) is 0 Å². The average Bonchev–Trinajstić information content (AvgIpc) is 2.31. The monoisotopic (exact) mass is 331 g/mol. The molecule has 0 heterocycles. The van der Waals surface area contributed by atoms with Crippen molar-refractivity contribution in [3.8, 4) is 5.75 Å². The summed E-state index contributed by atoms with van der Waals surface area (Å²) in [4.78, 5) is 11.8. The van der Waals surface area contributed by atoms with Gasteiger partial charge in [0.25, 0.3) is 5.91 Å². The molecule has 1 amide bonds. The molecule has 2 aromatic carbocycles. The van der Waals surface area contributed by atoms with Gasteiger partial charge >= 0.3 is 25.8 Å². The fourth-order valence-electron chi connectivity index (χ4n) is 1.39. The van der Waals surface area contributed by atoms with Crippen LogP contribution in [-0.2, 0) is 0 Å². The van der Waals surface area contributed by atoms with Crippen molar-refractivity contribution in [2.24, 2.45) is 0 Å². The predicted octanol–water partition coefficient (Wildman–Crippen LogP) is 1.46. The van der Waals surface area contributed by atoms with Crippen LogP contribution in [0.25, 0.3) is 0 Å². The van der Waals surface area contributed by atoms with Gasteiger partial charge < -0.3 is 10.4 Å². The van der Waals surface area contributed by atoms with Crippen LogP contribution in [0.15, 0.2) is 54.6 Å². The van der Waals surface area contributed by atoms with Crippen molar-refractivity contribution in [2.75, 3.05) is 5.32 Å².